The highest BCUT2D eigenvalue weighted by atomic mass is 16.6. The molecule has 0 spiro atoms. The first-order valence-electron chi connectivity index (χ1n) is 22.9. The first kappa shape index (κ1) is 54.1. The SMILES string of the molecule is CC/C=C\C/C=C\C/C=C\C/C=C\C/C=C\CCCC(=O)OCC(COC(=O)CCCCC/C=C\C=C/CCCC)OC(=O)CCCCCCC/C=C\C/C=C\CC. The zero-order chi connectivity index (χ0) is 42.3. The molecule has 6 heteroatoms. The van der Waals surface area contributed by atoms with Crippen LogP contribution < -0.4 is 0 Å². The molecule has 0 aromatic carbocycles. The van der Waals surface area contributed by atoms with Gasteiger partial charge in [0.2, 0.25) is 0 Å². The van der Waals surface area contributed by atoms with E-state index in [2.05, 4.69) is 130 Å². The van der Waals surface area contributed by atoms with E-state index in [1.165, 1.54) is 12.8 Å². The van der Waals surface area contributed by atoms with Crippen molar-refractivity contribution in [2.75, 3.05) is 13.2 Å². The quantitative estimate of drug-likeness (QED) is 0.0202. The maximum absolute atomic E-state index is 12.7. The lowest BCUT2D eigenvalue weighted by atomic mass is 10.1. The molecule has 0 fully saturated rings. The molecule has 0 rings (SSSR count). The lowest BCUT2D eigenvalue weighted by Crippen LogP contribution is -2.30. The maximum Gasteiger partial charge on any atom is 0.306 e. The fourth-order valence-corrected chi connectivity index (χ4v) is 5.61. The van der Waals surface area contributed by atoms with Gasteiger partial charge in [-0.15, -0.1) is 0 Å². The normalized spacial score (nSPS) is 13.1. The summed E-state index contributed by atoms with van der Waals surface area (Å²) in [5, 5.41) is 0. The molecule has 0 aliphatic heterocycles. The van der Waals surface area contributed by atoms with Crippen molar-refractivity contribution < 1.29 is 28.6 Å². The maximum atomic E-state index is 12.7. The van der Waals surface area contributed by atoms with E-state index in [0.29, 0.717) is 12.8 Å². The van der Waals surface area contributed by atoms with Crippen LogP contribution in [0.15, 0.2) is 109 Å². The van der Waals surface area contributed by atoms with Crippen LogP contribution in [-0.2, 0) is 28.6 Å². The van der Waals surface area contributed by atoms with Gasteiger partial charge < -0.3 is 14.2 Å². The van der Waals surface area contributed by atoms with Crippen molar-refractivity contribution in [3.8, 4) is 0 Å². The lowest BCUT2D eigenvalue weighted by Gasteiger charge is -2.18. The van der Waals surface area contributed by atoms with Gasteiger partial charge in [-0.3, -0.25) is 14.4 Å². The smallest absolute Gasteiger partial charge is 0.306 e. The number of hydrogen-bond donors (Lipinski definition) is 0. The van der Waals surface area contributed by atoms with Gasteiger partial charge in [0.25, 0.3) is 0 Å². The van der Waals surface area contributed by atoms with E-state index in [-0.39, 0.29) is 44.0 Å². The summed E-state index contributed by atoms with van der Waals surface area (Å²) in [5.41, 5.74) is 0. The van der Waals surface area contributed by atoms with Crippen molar-refractivity contribution in [1.82, 2.24) is 0 Å². The minimum absolute atomic E-state index is 0.118. The van der Waals surface area contributed by atoms with E-state index >= 15 is 0 Å². The van der Waals surface area contributed by atoms with Gasteiger partial charge in [0.1, 0.15) is 13.2 Å². The van der Waals surface area contributed by atoms with Gasteiger partial charge in [0, 0.05) is 19.3 Å². The van der Waals surface area contributed by atoms with Crippen LogP contribution >= 0.6 is 0 Å². The molecule has 0 radical (unpaired) electrons. The molecule has 58 heavy (non-hydrogen) atoms. The molecule has 0 aromatic rings. The third-order valence-electron chi connectivity index (χ3n) is 9.02. The van der Waals surface area contributed by atoms with Crippen LogP contribution in [0, 0.1) is 0 Å². The molecule has 6 nitrogen and oxygen atoms in total. The molecule has 0 amide bonds. The summed E-state index contributed by atoms with van der Waals surface area (Å²) < 4.78 is 16.6. The number of esters is 3. The monoisotopic (exact) mass is 803 g/mol. The molecule has 1 atom stereocenters. The Morgan fingerprint density at radius 3 is 1.24 bits per heavy atom. The zero-order valence-corrected chi connectivity index (χ0v) is 37.0. The molecule has 0 aliphatic rings. The predicted octanol–water partition coefficient (Wildman–Crippen LogP) is 14.8. The van der Waals surface area contributed by atoms with E-state index in [4.69, 9.17) is 14.2 Å². The molecule has 0 aromatic heterocycles. The number of ether oxygens (including phenoxy) is 3. The van der Waals surface area contributed by atoms with Crippen LogP contribution in [0.25, 0.3) is 0 Å². The second-order valence-electron chi connectivity index (χ2n) is 14.6. The van der Waals surface area contributed by atoms with Crippen molar-refractivity contribution in [2.45, 2.75) is 187 Å². The van der Waals surface area contributed by atoms with E-state index in [9.17, 15) is 14.4 Å². The highest BCUT2D eigenvalue weighted by Gasteiger charge is 2.19. The second kappa shape index (κ2) is 45.8. The molecule has 1 unspecified atom stereocenters. The topological polar surface area (TPSA) is 78.9 Å². The Balaban J connectivity index is 4.54. The summed E-state index contributed by atoms with van der Waals surface area (Å²) in [7, 11) is 0. The number of carbonyl (C=O) groups excluding carboxylic acids is 3. The number of allylic oxidation sites excluding steroid dienone is 18. The average Bonchev–Trinajstić information content (AvgIpc) is 3.22. The summed E-state index contributed by atoms with van der Waals surface area (Å²) in [6, 6.07) is 0. The number of rotatable bonds is 39. The van der Waals surface area contributed by atoms with E-state index in [0.717, 1.165) is 122 Å². The van der Waals surface area contributed by atoms with Crippen LogP contribution in [0.5, 0.6) is 0 Å². The Bertz CT molecular complexity index is 1240. The van der Waals surface area contributed by atoms with Gasteiger partial charge in [-0.2, -0.15) is 0 Å². The molecular formula is C52H82O6. The van der Waals surface area contributed by atoms with Gasteiger partial charge in [0.15, 0.2) is 6.10 Å². The number of carbonyl (C=O) groups is 3. The highest BCUT2D eigenvalue weighted by Crippen LogP contribution is 2.11. The largest absolute Gasteiger partial charge is 0.462 e. The second-order valence-corrected chi connectivity index (χ2v) is 14.6. The van der Waals surface area contributed by atoms with Crippen LogP contribution in [-0.4, -0.2) is 37.2 Å². The van der Waals surface area contributed by atoms with Crippen molar-refractivity contribution in [3.05, 3.63) is 109 Å². The van der Waals surface area contributed by atoms with Gasteiger partial charge in [0.05, 0.1) is 0 Å². The summed E-state index contributed by atoms with van der Waals surface area (Å²) in [6.07, 6.45) is 60.8. The molecule has 0 aliphatic carbocycles. The first-order chi connectivity index (χ1) is 28.5. The van der Waals surface area contributed by atoms with Crippen molar-refractivity contribution in [3.63, 3.8) is 0 Å². The predicted molar refractivity (Wildman–Crippen MR) is 247 cm³/mol. The number of hydrogen-bond acceptors (Lipinski definition) is 6. The molecule has 0 N–H and O–H groups in total. The minimum atomic E-state index is -0.819. The van der Waals surface area contributed by atoms with E-state index < -0.39 is 6.10 Å². The van der Waals surface area contributed by atoms with Crippen molar-refractivity contribution >= 4 is 17.9 Å². The Kier molecular flexibility index (Phi) is 42.7. The van der Waals surface area contributed by atoms with Crippen LogP contribution in [0.4, 0.5) is 0 Å². The minimum Gasteiger partial charge on any atom is -0.462 e. The molecule has 0 saturated heterocycles. The molecule has 0 bridgehead atoms. The molecular weight excluding hydrogens is 721 g/mol. The molecule has 326 valence electrons. The summed E-state index contributed by atoms with van der Waals surface area (Å²) in [4.78, 5) is 37.7. The lowest BCUT2D eigenvalue weighted by molar-refractivity contribution is -0.167. The first-order valence-corrected chi connectivity index (χ1v) is 22.9. The Hall–Kier alpha value is -3.93. The van der Waals surface area contributed by atoms with Crippen molar-refractivity contribution in [1.29, 1.82) is 0 Å². The third kappa shape index (κ3) is 43.2. The van der Waals surface area contributed by atoms with Crippen LogP contribution in [0.3, 0.4) is 0 Å². The summed E-state index contributed by atoms with van der Waals surface area (Å²) in [5.74, 6) is -1.03. The highest BCUT2D eigenvalue weighted by molar-refractivity contribution is 5.71. The number of unbranched alkanes of at least 4 members (excludes halogenated alkanes) is 11. The van der Waals surface area contributed by atoms with Gasteiger partial charge in [-0.1, -0.05) is 169 Å². The zero-order valence-electron chi connectivity index (χ0n) is 37.0. The third-order valence-corrected chi connectivity index (χ3v) is 9.02. The average molecular weight is 803 g/mol. The fraction of sp³-hybridized carbons (Fsp3) is 0.596. The Morgan fingerprint density at radius 2 is 0.741 bits per heavy atom. The summed E-state index contributed by atoms with van der Waals surface area (Å²) in [6.45, 7) is 6.24. The standard InChI is InChI=1S/C52H82O6/c1-4-7-10-13-16-19-22-24-25-26-27-28-31-33-36-39-42-45-51(54)57-48-49(47-56-50(53)44-41-38-35-32-29-21-18-15-12-9-6-3)58-52(55)46-43-40-37-34-30-23-20-17-14-11-8-5-2/h7-8,10-11,15-21,24-25,27-29,33,36,49H,4-6,9,12-14,22-23,26,30-32,34-35,37-48H2,1-3H3/b10-7-,11-8-,18-15-,19-16-,20-17-,25-24-,28-27-,29-21-,36-33-. The molecule has 0 saturated carbocycles. The van der Waals surface area contributed by atoms with E-state index in [1.54, 1.807) is 0 Å². The Morgan fingerprint density at radius 1 is 0.379 bits per heavy atom. The van der Waals surface area contributed by atoms with Crippen LogP contribution in [0.2, 0.25) is 0 Å². The molecule has 0 heterocycles. The Labute approximate surface area is 355 Å². The van der Waals surface area contributed by atoms with Gasteiger partial charge >= 0.3 is 17.9 Å². The summed E-state index contributed by atoms with van der Waals surface area (Å²) >= 11 is 0. The van der Waals surface area contributed by atoms with Crippen molar-refractivity contribution in [2.24, 2.45) is 0 Å². The fourth-order valence-electron chi connectivity index (χ4n) is 5.61. The van der Waals surface area contributed by atoms with Gasteiger partial charge in [-0.25, -0.2) is 0 Å². The van der Waals surface area contributed by atoms with E-state index in [1.807, 2.05) is 0 Å². The van der Waals surface area contributed by atoms with Gasteiger partial charge in [-0.05, 0) is 103 Å². The van der Waals surface area contributed by atoms with Crippen LogP contribution in [0.1, 0.15) is 181 Å².